The first-order valence-corrected chi connectivity index (χ1v) is 9.13. The van der Waals surface area contributed by atoms with Crippen molar-refractivity contribution in [3.05, 3.63) is 63.1 Å². The molecule has 5 nitrogen and oxygen atoms in total. The second-order valence-electron chi connectivity index (χ2n) is 7.20. The lowest BCUT2D eigenvalue weighted by Crippen LogP contribution is -2.43. The number of likely N-dealkylation sites (tertiary alicyclic amines) is 1. The van der Waals surface area contributed by atoms with Crippen molar-refractivity contribution in [3.8, 4) is 5.75 Å². The molecule has 3 rings (SSSR count). The zero-order chi connectivity index (χ0) is 18.7. The molecule has 1 atom stereocenters. The number of ether oxygens (including phenoxy) is 1. The number of aromatic amines is 1. The number of hydrogen-bond donors (Lipinski definition) is 1. The number of aryl methyl sites for hydroxylation is 3. The molecule has 2 aromatic rings. The first-order chi connectivity index (χ1) is 12.4. The van der Waals surface area contributed by atoms with E-state index in [0.717, 1.165) is 29.8 Å². The summed E-state index contributed by atoms with van der Waals surface area (Å²) >= 11 is 0. The minimum atomic E-state index is -0.207. The largest absolute Gasteiger partial charge is 0.493 e. The third-order valence-corrected chi connectivity index (χ3v) is 4.85. The van der Waals surface area contributed by atoms with Crippen molar-refractivity contribution in [3.63, 3.8) is 0 Å². The summed E-state index contributed by atoms with van der Waals surface area (Å²) in [4.78, 5) is 30.0. The Bertz CT molecular complexity index is 857. The van der Waals surface area contributed by atoms with E-state index in [0.29, 0.717) is 25.4 Å². The standard InChI is InChI=1S/C21H26N2O3/c1-14-6-4-8-18(10-14)26-13-17-7-5-9-23(12-17)21(25)20-16(3)22-15(2)11-19(20)24/h4,6,8,10-11,17H,5,7,9,12-13H2,1-3H3,(H,22,24). The second kappa shape index (κ2) is 7.77. The fourth-order valence-corrected chi connectivity index (χ4v) is 3.58. The van der Waals surface area contributed by atoms with Gasteiger partial charge in [0.2, 0.25) is 0 Å². The average Bonchev–Trinajstić information content (AvgIpc) is 2.59. The Kier molecular flexibility index (Phi) is 5.45. The lowest BCUT2D eigenvalue weighted by atomic mass is 9.98. The fraction of sp³-hybridized carbons (Fsp3) is 0.429. The maximum absolute atomic E-state index is 12.9. The van der Waals surface area contributed by atoms with E-state index in [1.54, 1.807) is 11.8 Å². The van der Waals surface area contributed by atoms with Gasteiger partial charge in [0.05, 0.1) is 6.61 Å². The number of piperidine rings is 1. The highest BCUT2D eigenvalue weighted by atomic mass is 16.5. The molecule has 1 saturated heterocycles. The number of amides is 1. The molecule has 1 aliphatic rings. The van der Waals surface area contributed by atoms with Crippen molar-refractivity contribution < 1.29 is 9.53 Å². The van der Waals surface area contributed by atoms with Crippen molar-refractivity contribution in [2.75, 3.05) is 19.7 Å². The van der Waals surface area contributed by atoms with Crippen LogP contribution in [0.5, 0.6) is 5.75 Å². The molecule has 1 unspecified atom stereocenters. The molecule has 2 heterocycles. The molecule has 0 aliphatic carbocycles. The van der Waals surface area contributed by atoms with Gasteiger partial charge in [0.1, 0.15) is 11.3 Å². The monoisotopic (exact) mass is 354 g/mol. The molecule has 1 aliphatic heterocycles. The molecule has 1 N–H and O–H groups in total. The highest BCUT2D eigenvalue weighted by Gasteiger charge is 2.27. The number of nitrogens with zero attached hydrogens (tertiary/aromatic N) is 1. The van der Waals surface area contributed by atoms with Crippen molar-refractivity contribution in [2.45, 2.75) is 33.6 Å². The number of H-pyrrole nitrogens is 1. The van der Waals surface area contributed by atoms with E-state index in [1.165, 1.54) is 6.07 Å². The number of nitrogens with one attached hydrogen (secondary N) is 1. The van der Waals surface area contributed by atoms with E-state index in [1.807, 2.05) is 38.1 Å². The average molecular weight is 354 g/mol. The minimum Gasteiger partial charge on any atom is -0.493 e. The predicted molar refractivity (Wildman–Crippen MR) is 102 cm³/mol. The van der Waals surface area contributed by atoms with Crippen LogP contribution in [-0.2, 0) is 0 Å². The van der Waals surface area contributed by atoms with Crippen LogP contribution in [0.3, 0.4) is 0 Å². The molecule has 138 valence electrons. The Morgan fingerprint density at radius 2 is 2.08 bits per heavy atom. The number of aromatic nitrogens is 1. The van der Waals surface area contributed by atoms with E-state index >= 15 is 0 Å². The van der Waals surface area contributed by atoms with Crippen molar-refractivity contribution in [2.24, 2.45) is 5.92 Å². The highest BCUT2D eigenvalue weighted by molar-refractivity contribution is 5.95. The van der Waals surface area contributed by atoms with Gasteiger partial charge in [-0.15, -0.1) is 0 Å². The summed E-state index contributed by atoms with van der Waals surface area (Å²) in [6, 6.07) is 9.47. The molecule has 0 spiro atoms. The van der Waals surface area contributed by atoms with Gasteiger partial charge in [-0.1, -0.05) is 12.1 Å². The number of carbonyl (C=O) groups excluding carboxylic acids is 1. The van der Waals surface area contributed by atoms with E-state index in [4.69, 9.17) is 4.74 Å². The Hall–Kier alpha value is -2.56. The summed E-state index contributed by atoms with van der Waals surface area (Å²) in [6.45, 7) is 7.53. The van der Waals surface area contributed by atoms with Gasteiger partial charge in [0, 0.05) is 36.5 Å². The number of pyridine rings is 1. The van der Waals surface area contributed by atoms with Gasteiger partial charge in [-0.25, -0.2) is 0 Å². The zero-order valence-electron chi connectivity index (χ0n) is 15.7. The molecule has 1 aromatic carbocycles. The Balaban J connectivity index is 1.66. The van der Waals surface area contributed by atoms with Crippen LogP contribution in [0.2, 0.25) is 0 Å². The van der Waals surface area contributed by atoms with Crippen LogP contribution < -0.4 is 10.2 Å². The molecule has 0 bridgehead atoms. The van der Waals surface area contributed by atoms with Gasteiger partial charge >= 0.3 is 0 Å². The van der Waals surface area contributed by atoms with Crippen LogP contribution in [0.25, 0.3) is 0 Å². The molecule has 1 aromatic heterocycles. The van der Waals surface area contributed by atoms with Crippen molar-refractivity contribution in [1.82, 2.24) is 9.88 Å². The highest BCUT2D eigenvalue weighted by Crippen LogP contribution is 2.21. The Morgan fingerprint density at radius 3 is 2.81 bits per heavy atom. The van der Waals surface area contributed by atoms with Crippen molar-refractivity contribution in [1.29, 1.82) is 0 Å². The zero-order valence-corrected chi connectivity index (χ0v) is 15.7. The Morgan fingerprint density at radius 1 is 1.27 bits per heavy atom. The predicted octanol–water partition coefficient (Wildman–Crippen LogP) is 3.23. The first-order valence-electron chi connectivity index (χ1n) is 9.13. The first kappa shape index (κ1) is 18.2. The Labute approximate surface area is 154 Å². The lowest BCUT2D eigenvalue weighted by molar-refractivity contribution is 0.0631. The summed E-state index contributed by atoms with van der Waals surface area (Å²) in [5, 5.41) is 0. The summed E-state index contributed by atoms with van der Waals surface area (Å²) in [5.41, 5.74) is 2.63. The van der Waals surface area contributed by atoms with Gasteiger partial charge in [-0.05, 0) is 51.3 Å². The smallest absolute Gasteiger partial charge is 0.259 e. The van der Waals surface area contributed by atoms with E-state index < -0.39 is 0 Å². The van der Waals surface area contributed by atoms with E-state index in [2.05, 4.69) is 4.98 Å². The van der Waals surface area contributed by atoms with Gasteiger partial charge in [0.25, 0.3) is 5.91 Å². The van der Waals surface area contributed by atoms with Crippen LogP contribution in [0.4, 0.5) is 0 Å². The van der Waals surface area contributed by atoms with E-state index in [-0.39, 0.29) is 22.8 Å². The maximum atomic E-state index is 12.9. The number of carbonyl (C=O) groups is 1. The number of rotatable bonds is 4. The van der Waals surface area contributed by atoms with Crippen LogP contribution in [-0.4, -0.2) is 35.5 Å². The molecule has 0 radical (unpaired) electrons. The third-order valence-electron chi connectivity index (χ3n) is 4.85. The second-order valence-corrected chi connectivity index (χ2v) is 7.20. The van der Waals surface area contributed by atoms with Gasteiger partial charge in [-0.2, -0.15) is 0 Å². The lowest BCUT2D eigenvalue weighted by Gasteiger charge is -2.32. The maximum Gasteiger partial charge on any atom is 0.259 e. The molecule has 0 saturated carbocycles. The SMILES string of the molecule is Cc1cccc(OCC2CCCN(C(=O)c3c(C)[nH]c(C)cc3=O)C2)c1. The minimum absolute atomic E-state index is 0.177. The molecule has 1 amide bonds. The van der Waals surface area contributed by atoms with Gasteiger partial charge < -0.3 is 14.6 Å². The molecular formula is C21H26N2O3. The fourth-order valence-electron chi connectivity index (χ4n) is 3.58. The molecule has 26 heavy (non-hydrogen) atoms. The summed E-state index contributed by atoms with van der Waals surface area (Å²) in [6.07, 6.45) is 1.95. The molecule has 1 fully saturated rings. The summed E-state index contributed by atoms with van der Waals surface area (Å²) in [7, 11) is 0. The number of benzene rings is 1. The molecular weight excluding hydrogens is 328 g/mol. The van der Waals surface area contributed by atoms with Crippen LogP contribution in [0.1, 0.15) is 40.2 Å². The van der Waals surface area contributed by atoms with Crippen LogP contribution >= 0.6 is 0 Å². The van der Waals surface area contributed by atoms with Crippen LogP contribution in [0.15, 0.2) is 35.1 Å². The van der Waals surface area contributed by atoms with Gasteiger partial charge in [-0.3, -0.25) is 9.59 Å². The summed E-state index contributed by atoms with van der Waals surface area (Å²) in [5.74, 6) is 0.960. The quantitative estimate of drug-likeness (QED) is 0.917. The van der Waals surface area contributed by atoms with Gasteiger partial charge in [0.15, 0.2) is 5.43 Å². The topological polar surface area (TPSA) is 62.4 Å². The number of hydrogen-bond acceptors (Lipinski definition) is 3. The third kappa shape index (κ3) is 4.15. The summed E-state index contributed by atoms with van der Waals surface area (Å²) < 4.78 is 5.92. The van der Waals surface area contributed by atoms with Crippen molar-refractivity contribution >= 4 is 5.91 Å². The normalized spacial score (nSPS) is 17.2. The van der Waals surface area contributed by atoms with E-state index in [9.17, 15) is 9.59 Å². The van der Waals surface area contributed by atoms with Crippen LogP contribution in [0, 0.1) is 26.7 Å². The molecule has 5 heteroatoms.